The van der Waals surface area contributed by atoms with Gasteiger partial charge in [-0.25, -0.2) is 4.98 Å². The Kier molecular flexibility index (Phi) is 5.15. The second-order valence-electron chi connectivity index (χ2n) is 4.21. The Balaban J connectivity index is 2.28. The lowest BCUT2D eigenvalue weighted by Gasteiger charge is -2.16. The van der Waals surface area contributed by atoms with Gasteiger partial charge in [0.25, 0.3) is 0 Å². The molecule has 1 heterocycles. The van der Waals surface area contributed by atoms with E-state index in [1.54, 1.807) is 6.20 Å². The van der Waals surface area contributed by atoms with Gasteiger partial charge >= 0.3 is 0 Å². The Morgan fingerprint density at radius 1 is 1.26 bits per heavy atom. The van der Waals surface area contributed by atoms with Crippen LogP contribution in [0, 0.1) is 3.57 Å². The maximum atomic E-state index is 5.95. The molecule has 1 aromatic heterocycles. The van der Waals surface area contributed by atoms with E-state index in [0.29, 0.717) is 5.88 Å². The molecular weight excluding hydrogens is 351 g/mol. The second kappa shape index (κ2) is 6.86. The summed E-state index contributed by atoms with van der Waals surface area (Å²) in [6, 6.07) is 12.1. The van der Waals surface area contributed by atoms with E-state index < -0.39 is 0 Å². The third kappa shape index (κ3) is 3.67. The van der Waals surface area contributed by atoms with E-state index in [1.165, 1.54) is 0 Å². The third-order valence-electron chi connectivity index (χ3n) is 2.82. The summed E-state index contributed by atoms with van der Waals surface area (Å²) in [5, 5.41) is 3.38. The molecule has 1 aromatic carbocycles. The van der Waals surface area contributed by atoms with Crippen molar-refractivity contribution in [3.05, 3.63) is 51.7 Å². The first-order chi connectivity index (χ1) is 9.22. The van der Waals surface area contributed by atoms with Gasteiger partial charge in [-0.15, -0.1) is 0 Å². The van der Waals surface area contributed by atoms with Crippen LogP contribution in [0.15, 0.2) is 42.6 Å². The van der Waals surface area contributed by atoms with Crippen molar-refractivity contribution in [3.8, 4) is 11.6 Å². The van der Waals surface area contributed by atoms with Crippen LogP contribution >= 0.6 is 22.6 Å². The minimum absolute atomic E-state index is 0.218. The van der Waals surface area contributed by atoms with Crippen LogP contribution in [0.3, 0.4) is 0 Å². The summed E-state index contributed by atoms with van der Waals surface area (Å²) in [4.78, 5) is 4.35. The summed E-state index contributed by atoms with van der Waals surface area (Å²) in [6.07, 6.45) is 1.76. The van der Waals surface area contributed by atoms with Gasteiger partial charge in [-0.2, -0.15) is 0 Å². The van der Waals surface area contributed by atoms with Crippen molar-refractivity contribution in [2.45, 2.75) is 19.9 Å². The molecule has 19 heavy (non-hydrogen) atoms. The lowest BCUT2D eigenvalue weighted by atomic mass is 10.1. The molecule has 0 spiro atoms. The lowest BCUT2D eigenvalue weighted by Crippen LogP contribution is -2.18. The molecule has 1 atom stereocenters. The van der Waals surface area contributed by atoms with E-state index >= 15 is 0 Å². The summed E-state index contributed by atoms with van der Waals surface area (Å²) in [5.41, 5.74) is 1.07. The number of hydrogen-bond donors (Lipinski definition) is 1. The molecule has 0 saturated carbocycles. The molecule has 0 bridgehead atoms. The molecule has 2 aromatic rings. The first-order valence-electron chi connectivity index (χ1n) is 6.33. The predicted octanol–water partition coefficient (Wildman–Crippen LogP) is 4.15. The molecule has 1 N–H and O–H groups in total. The number of aromatic nitrogens is 1. The fourth-order valence-corrected chi connectivity index (χ4v) is 2.36. The summed E-state index contributed by atoms with van der Waals surface area (Å²) in [5.74, 6) is 1.51. The summed E-state index contributed by atoms with van der Waals surface area (Å²) in [7, 11) is 0. The van der Waals surface area contributed by atoms with Crippen molar-refractivity contribution in [2.24, 2.45) is 0 Å². The zero-order valence-electron chi connectivity index (χ0n) is 11.1. The third-order valence-corrected chi connectivity index (χ3v) is 3.71. The maximum Gasteiger partial charge on any atom is 0.224 e. The topological polar surface area (TPSA) is 34.2 Å². The van der Waals surface area contributed by atoms with Gasteiger partial charge in [-0.3, -0.25) is 0 Å². The molecule has 0 amide bonds. The molecule has 0 saturated heterocycles. The van der Waals surface area contributed by atoms with Gasteiger partial charge in [-0.1, -0.05) is 25.1 Å². The van der Waals surface area contributed by atoms with Gasteiger partial charge in [0.2, 0.25) is 5.88 Å². The Morgan fingerprint density at radius 3 is 2.79 bits per heavy atom. The minimum Gasteiger partial charge on any atom is -0.438 e. The molecule has 0 aliphatic carbocycles. The second-order valence-corrected chi connectivity index (χ2v) is 5.37. The zero-order chi connectivity index (χ0) is 13.7. The monoisotopic (exact) mass is 368 g/mol. The molecule has 0 fully saturated rings. The number of benzene rings is 1. The van der Waals surface area contributed by atoms with E-state index in [9.17, 15) is 0 Å². The van der Waals surface area contributed by atoms with Crippen molar-refractivity contribution in [1.29, 1.82) is 0 Å². The van der Waals surface area contributed by atoms with Gasteiger partial charge < -0.3 is 10.1 Å². The van der Waals surface area contributed by atoms with Crippen molar-refractivity contribution in [2.75, 3.05) is 6.54 Å². The molecule has 4 heteroatoms. The number of para-hydroxylation sites is 1. The average molecular weight is 368 g/mol. The van der Waals surface area contributed by atoms with Gasteiger partial charge in [0, 0.05) is 17.8 Å². The number of nitrogens with zero attached hydrogens (tertiary/aromatic N) is 1. The van der Waals surface area contributed by atoms with Crippen molar-refractivity contribution in [3.63, 3.8) is 0 Å². The van der Waals surface area contributed by atoms with Gasteiger partial charge in [0.1, 0.15) is 5.75 Å². The minimum atomic E-state index is 0.218. The average Bonchev–Trinajstić information content (AvgIpc) is 2.42. The number of rotatable bonds is 5. The van der Waals surface area contributed by atoms with Crippen LogP contribution in [-0.2, 0) is 0 Å². The van der Waals surface area contributed by atoms with Crippen LogP contribution in [-0.4, -0.2) is 11.5 Å². The predicted molar refractivity (Wildman–Crippen MR) is 85.6 cm³/mol. The van der Waals surface area contributed by atoms with Crippen molar-refractivity contribution >= 4 is 22.6 Å². The number of hydrogen-bond acceptors (Lipinski definition) is 3. The van der Waals surface area contributed by atoms with Crippen LogP contribution in [0.4, 0.5) is 0 Å². The number of pyridine rings is 1. The van der Waals surface area contributed by atoms with Crippen molar-refractivity contribution in [1.82, 2.24) is 10.3 Å². The number of halogens is 1. The molecule has 1 unspecified atom stereocenters. The quantitative estimate of drug-likeness (QED) is 0.806. The van der Waals surface area contributed by atoms with Crippen LogP contribution in [0.25, 0.3) is 0 Å². The molecule has 0 radical (unpaired) electrons. The largest absolute Gasteiger partial charge is 0.438 e. The van der Waals surface area contributed by atoms with Crippen LogP contribution in [0.2, 0.25) is 0 Å². The first-order valence-corrected chi connectivity index (χ1v) is 7.41. The fraction of sp³-hybridized carbons (Fsp3) is 0.267. The lowest BCUT2D eigenvalue weighted by molar-refractivity contribution is 0.441. The highest BCUT2D eigenvalue weighted by atomic mass is 127. The Bertz CT molecular complexity index is 545. The standard InChI is InChI=1S/C15H17IN2O/c1-3-17-11(2)12-7-6-10-18-15(12)19-14-9-5-4-8-13(14)16/h4-11,17H,3H2,1-2H3. The van der Waals surface area contributed by atoms with E-state index in [-0.39, 0.29) is 6.04 Å². The van der Waals surface area contributed by atoms with Crippen molar-refractivity contribution < 1.29 is 4.74 Å². The highest BCUT2D eigenvalue weighted by molar-refractivity contribution is 14.1. The van der Waals surface area contributed by atoms with E-state index in [0.717, 1.165) is 21.4 Å². The number of nitrogens with one attached hydrogen (secondary N) is 1. The van der Waals surface area contributed by atoms with E-state index in [2.05, 4.69) is 46.7 Å². The molecule has 3 nitrogen and oxygen atoms in total. The first kappa shape index (κ1) is 14.3. The SMILES string of the molecule is CCNC(C)c1cccnc1Oc1ccccc1I. The van der Waals surface area contributed by atoms with Crippen LogP contribution in [0.1, 0.15) is 25.5 Å². The molecule has 2 rings (SSSR count). The van der Waals surface area contributed by atoms with Gasteiger partial charge in [0.15, 0.2) is 0 Å². The Labute approximate surface area is 127 Å². The smallest absolute Gasteiger partial charge is 0.224 e. The highest BCUT2D eigenvalue weighted by Gasteiger charge is 2.13. The molecule has 0 aliphatic rings. The summed E-state index contributed by atoms with van der Waals surface area (Å²) >= 11 is 2.26. The van der Waals surface area contributed by atoms with Crippen LogP contribution < -0.4 is 10.1 Å². The van der Waals surface area contributed by atoms with E-state index in [4.69, 9.17) is 4.74 Å². The molecule has 100 valence electrons. The fourth-order valence-electron chi connectivity index (χ4n) is 1.87. The van der Waals surface area contributed by atoms with E-state index in [1.807, 2.05) is 36.4 Å². The Hall–Kier alpha value is -1.14. The summed E-state index contributed by atoms with van der Waals surface area (Å²) < 4.78 is 7.03. The molecular formula is C15H17IN2O. The van der Waals surface area contributed by atoms with Gasteiger partial charge in [0.05, 0.1) is 3.57 Å². The summed E-state index contributed by atoms with van der Waals surface area (Å²) in [6.45, 7) is 5.12. The Morgan fingerprint density at radius 2 is 2.05 bits per heavy atom. The normalized spacial score (nSPS) is 12.2. The van der Waals surface area contributed by atoms with Crippen LogP contribution in [0.5, 0.6) is 11.6 Å². The zero-order valence-corrected chi connectivity index (χ0v) is 13.2. The number of ether oxygens (including phenoxy) is 1. The molecule has 0 aliphatic heterocycles. The maximum absolute atomic E-state index is 5.95. The van der Waals surface area contributed by atoms with Gasteiger partial charge in [-0.05, 0) is 54.3 Å². The highest BCUT2D eigenvalue weighted by Crippen LogP contribution is 2.29.